The molecule has 0 atom stereocenters. The average molecular weight is 360 g/mol. The van der Waals surface area contributed by atoms with E-state index in [1.54, 1.807) is 9.42 Å². The number of hydrogen-bond donors (Lipinski definition) is 1. The molecule has 2 N–H and O–H groups in total. The second-order valence-corrected chi connectivity index (χ2v) is 7.66. The molecule has 2 aromatic rings. The highest BCUT2D eigenvalue weighted by atomic mass is 16.6. The predicted molar refractivity (Wildman–Crippen MR) is 102 cm³/mol. The summed E-state index contributed by atoms with van der Waals surface area (Å²) in [5.74, 6) is 0.869. The van der Waals surface area contributed by atoms with Gasteiger partial charge in [0.15, 0.2) is 5.65 Å². The third-order valence-electron chi connectivity index (χ3n) is 4.46. The Hall–Kier alpha value is -2.51. The molecule has 8 nitrogen and oxygen atoms in total. The van der Waals surface area contributed by atoms with Gasteiger partial charge in [0.2, 0.25) is 0 Å². The molecule has 1 fully saturated rings. The fraction of sp³-hybridized carbons (Fsp3) is 0.611. The van der Waals surface area contributed by atoms with Gasteiger partial charge in [-0.3, -0.25) is 0 Å². The van der Waals surface area contributed by atoms with E-state index in [1.165, 1.54) is 0 Å². The SMILES string of the molecule is CCc1nn2c(C)cc(N3CCN(C(=O)OC(C)(C)C)CC3)nc2c1N. The first-order chi connectivity index (χ1) is 12.2. The molecule has 1 amide bonds. The van der Waals surface area contributed by atoms with Crippen molar-refractivity contribution >= 4 is 23.2 Å². The number of nitrogens with two attached hydrogens (primary N) is 1. The number of piperazine rings is 1. The molecule has 1 aliphatic rings. The molecule has 1 saturated heterocycles. The molecule has 1 aliphatic heterocycles. The van der Waals surface area contributed by atoms with E-state index in [9.17, 15) is 4.79 Å². The summed E-state index contributed by atoms with van der Waals surface area (Å²) in [6.07, 6.45) is 0.516. The van der Waals surface area contributed by atoms with Crippen molar-refractivity contribution in [1.29, 1.82) is 0 Å². The zero-order valence-corrected chi connectivity index (χ0v) is 16.2. The number of rotatable bonds is 2. The quantitative estimate of drug-likeness (QED) is 0.883. The molecule has 2 aromatic heterocycles. The molecule has 26 heavy (non-hydrogen) atoms. The van der Waals surface area contributed by atoms with E-state index < -0.39 is 5.60 Å². The molecule has 0 unspecified atom stereocenters. The van der Waals surface area contributed by atoms with Crippen molar-refractivity contribution in [1.82, 2.24) is 19.5 Å². The Morgan fingerprint density at radius 1 is 1.27 bits per heavy atom. The van der Waals surface area contributed by atoms with Crippen LogP contribution < -0.4 is 10.6 Å². The van der Waals surface area contributed by atoms with Gasteiger partial charge in [-0.25, -0.2) is 14.3 Å². The minimum Gasteiger partial charge on any atom is -0.444 e. The summed E-state index contributed by atoms with van der Waals surface area (Å²) in [6.45, 7) is 12.3. The number of ether oxygens (including phenoxy) is 1. The molecule has 3 heterocycles. The Morgan fingerprint density at radius 3 is 2.50 bits per heavy atom. The fourth-order valence-corrected chi connectivity index (χ4v) is 3.08. The zero-order chi connectivity index (χ0) is 19.1. The van der Waals surface area contributed by atoms with E-state index in [1.807, 2.05) is 40.7 Å². The van der Waals surface area contributed by atoms with E-state index in [0.717, 1.165) is 23.6 Å². The van der Waals surface area contributed by atoms with Crippen molar-refractivity contribution in [3.05, 3.63) is 17.5 Å². The molecule has 0 aliphatic carbocycles. The zero-order valence-electron chi connectivity index (χ0n) is 16.2. The fourth-order valence-electron chi connectivity index (χ4n) is 3.08. The lowest BCUT2D eigenvalue weighted by atomic mass is 10.2. The highest BCUT2D eigenvalue weighted by Crippen LogP contribution is 2.23. The molecule has 3 rings (SSSR count). The predicted octanol–water partition coefficient (Wildman–Crippen LogP) is 2.24. The van der Waals surface area contributed by atoms with Crippen LogP contribution in [0.4, 0.5) is 16.3 Å². The molecule has 142 valence electrons. The summed E-state index contributed by atoms with van der Waals surface area (Å²) in [4.78, 5) is 20.8. The molecule has 0 bridgehead atoms. The van der Waals surface area contributed by atoms with Gasteiger partial charge in [0, 0.05) is 37.9 Å². The van der Waals surface area contributed by atoms with Gasteiger partial charge < -0.3 is 20.3 Å². The van der Waals surface area contributed by atoms with E-state index in [4.69, 9.17) is 15.5 Å². The summed E-state index contributed by atoms with van der Waals surface area (Å²) in [7, 11) is 0. The number of carbonyl (C=O) groups is 1. The Bertz CT molecular complexity index is 815. The molecule has 0 aromatic carbocycles. The molecular formula is C18H28N6O2. The highest BCUT2D eigenvalue weighted by molar-refractivity contribution is 5.70. The van der Waals surface area contributed by atoms with Crippen LogP contribution in [0.3, 0.4) is 0 Å². The van der Waals surface area contributed by atoms with Gasteiger partial charge in [0.05, 0.1) is 5.69 Å². The van der Waals surface area contributed by atoms with Crippen LogP contribution in [-0.4, -0.2) is 57.4 Å². The van der Waals surface area contributed by atoms with Crippen molar-refractivity contribution in [2.75, 3.05) is 36.8 Å². The number of fused-ring (bicyclic) bond motifs is 1. The topological polar surface area (TPSA) is 89.0 Å². The average Bonchev–Trinajstić information content (AvgIpc) is 2.90. The number of anilines is 2. The second-order valence-electron chi connectivity index (χ2n) is 7.66. The molecular weight excluding hydrogens is 332 g/mol. The number of nitrogens with zero attached hydrogens (tertiary/aromatic N) is 5. The van der Waals surface area contributed by atoms with E-state index >= 15 is 0 Å². The third-order valence-corrected chi connectivity index (χ3v) is 4.46. The van der Waals surface area contributed by atoms with Crippen molar-refractivity contribution in [3.63, 3.8) is 0 Å². The summed E-state index contributed by atoms with van der Waals surface area (Å²) < 4.78 is 7.25. The van der Waals surface area contributed by atoms with Crippen LogP contribution in [0.1, 0.15) is 39.1 Å². The van der Waals surface area contributed by atoms with E-state index in [0.29, 0.717) is 37.5 Å². The van der Waals surface area contributed by atoms with Crippen LogP contribution in [-0.2, 0) is 11.2 Å². The van der Waals surface area contributed by atoms with Crippen molar-refractivity contribution < 1.29 is 9.53 Å². The molecule has 0 spiro atoms. The normalized spacial score (nSPS) is 15.6. The monoisotopic (exact) mass is 360 g/mol. The highest BCUT2D eigenvalue weighted by Gasteiger charge is 2.27. The number of hydrogen-bond acceptors (Lipinski definition) is 6. The maximum atomic E-state index is 12.2. The van der Waals surface area contributed by atoms with Crippen molar-refractivity contribution in [2.45, 2.75) is 46.6 Å². The molecule has 0 radical (unpaired) electrons. The van der Waals surface area contributed by atoms with Gasteiger partial charge in [-0.05, 0) is 34.1 Å². The maximum Gasteiger partial charge on any atom is 0.410 e. The van der Waals surface area contributed by atoms with E-state index in [-0.39, 0.29) is 6.09 Å². The second kappa shape index (κ2) is 6.66. The smallest absolute Gasteiger partial charge is 0.410 e. The standard InChI is InChI=1S/C18H28N6O2/c1-6-13-15(19)16-20-14(11-12(2)24(16)21-13)22-7-9-23(10-8-22)17(25)26-18(3,4)5/h11H,6-10,19H2,1-5H3. The third kappa shape index (κ3) is 3.54. The Labute approximate surface area is 153 Å². The number of carbonyl (C=O) groups excluding carboxylic acids is 1. The molecule has 0 saturated carbocycles. The summed E-state index contributed by atoms with van der Waals surface area (Å²) in [5.41, 5.74) is 8.93. The summed E-state index contributed by atoms with van der Waals surface area (Å²) in [5, 5.41) is 4.53. The largest absolute Gasteiger partial charge is 0.444 e. The minimum absolute atomic E-state index is 0.260. The lowest BCUT2D eigenvalue weighted by Crippen LogP contribution is -2.50. The van der Waals surface area contributed by atoms with Gasteiger partial charge in [0.1, 0.15) is 17.1 Å². The Morgan fingerprint density at radius 2 is 1.92 bits per heavy atom. The Kier molecular flexibility index (Phi) is 4.68. The molecule has 8 heteroatoms. The first-order valence-electron chi connectivity index (χ1n) is 9.07. The van der Waals surface area contributed by atoms with Crippen LogP contribution in [0.15, 0.2) is 6.07 Å². The Balaban J connectivity index is 1.75. The lowest BCUT2D eigenvalue weighted by Gasteiger charge is -2.36. The van der Waals surface area contributed by atoms with Gasteiger partial charge in [0.25, 0.3) is 0 Å². The minimum atomic E-state index is -0.478. The number of aryl methyl sites for hydroxylation is 2. The van der Waals surface area contributed by atoms with Gasteiger partial charge in [-0.1, -0.05) is 6.92 Å². The van der Waals surface area contributed by atoms with Crippen LogP contribution in [0.25, 0.3) is 5.65 Å². The lowest BCUT2D eigenvalue weighted by molar-refractivity contribution is 0.0240. The number of nitrogen functional groups attached to an aromatic ring is 1. The van der Waals surface area contributed by atoms with Gasteiger partial charge in [-0.15, -0.1) is 0 Å². The first-order valence-corrected chi connectivity index (χ1v) is 9.07. The summed E-state index contributed by atoms with van der Waals surface area (Å²) in [6, 6.07) is 2.02. The van der Waals surface area contributed by atoms with Crippen molar-refractivity contribution in [2.24, 2.45) is 0 Å². The van der Waals surface area contributed by atoms with Gasteiger partial charge >= 0.3 is 6.09 Å². The van der Waals surface area contributed by atoms with Crippen LogP contribution >= 0.6 is 0 Å². The van der Waals surface area contributed by atoms with E-state index in [2.05, 4.69) is 10.00 Å². The first kappa shape index (κ1) is 18.3. The van der Waals surface area contributed by atoms with Gasteiger partial charge in [-0.2, -0.15) is 5.10 Å². The maximum absolute atomic E-state index is 12.2. The van der Waals surface area contributed by atoms with Crippen molar-refractivity contribution in [3.8, 4) is 0 Å². The summed E-state index contributed by atoms with van der Waals surface area (Å²) >= 11 is 0. The number of amides is 1. The number of aromatic nitrogens is 3. The van der Waals surface area contributed by atoms with Crippen LogP contribution in [0.5, 0.6) is 0 Å². The van der Waals surface area contributed by atoms with Crippen LogP contribution in [0, 0.1) is 6.92 Å². The van der Waals surface area contributed by atoms with Crippen LogP contribution in [0.2, 0.25) is 0 Å².